The summed E-state index contributed by atoms with van der Waals surface area (Å²) in [6, 6.07) is 0. The van der Waals surface area contributed by atoms with Crippen molar-refractivity contribution in [1.82, 2.24) is 9.97 Å². The molecule has 1 aliphatic rings. The molecule has 1 aromatic rings. The van der Waals surface area contributed by atoms with Gasteiger partial charge in [-0.1, -0.05) is 13.3 Å². The highest BCUT2D eigenvalue weighted by molar-refractivity contribution is 5.56. The first-order valence-corrected chi connectivity index (χ1v) is 7.16. The summed E-state index contributed by atoms with van der Waals surface area (Å²) in [5.74, 6) is 1.35. The van der Waals surface area contributed by atoms with Gasteiger partial charge < -0.3 is 20.5 Å². The van der Waals surface area contributed by atoms with Crippen LogP contribution in [0.4, 0.5) is 11.6 Å². The Morgan fingerprint density at radius 1 is 1.40 bits per heavy atom. The van der Waals surface area contributed by atoms with Gasteiger partial charge in [0.15, 0.2) is 0 Å². The number of ether oxygens (including phenoxy) is 1. The molecule has 6 nitrogen and oxygen atoms in total. The number of rotatable bonds is 5. The van der Waals surface area contributed by atoms with Gasteiger partial charge in [0, 0.05) is 45.2 Å². The topological polar surface area (TPSA) is 84.5 Å². The van der Waals surface area contributed by atoms with Crippen molar-refractivity contribution < 1.29 is 9.84 Å². The number of nitrogens with zero attached hydrogens (tertiary/aromatic N) is 3. The van der Waals surface area contributed by atoms with Gasteiger partial charge in [-0.25, -0.2) is 9.97 Å². The average Bonchev–Trinajstić information content (AvgIpc) is 2.41. The highest BCUT2D eigenvalue weighted by atomic mass is 16.5. The van der Waals surface area contributed by atoms with E-state index in [9.17, 15) is 5.11 Å². The van der Waals surface area contributed by atoms with Crippen LogP contribution >= 0.6 is 0 Å². The van der Waals surface area contributed by atoms with Crippen molar-refractivity contribution in [2.75, 3.05) is 37.4 Å². The highest BCUT2D eigenvalue weighted by Gasteiger charge is 2.32. The van der Waals surface area contributed by atoms with Crippen LogP contribution in [-0.4, -0.2) is 47.5 Å². The molecule has 1 aromatic heterocycles. The minimum Gasteiger partial charge on any atom is -0.388 e. The van der Waals surface area contributed by atoms with Crippen LogP contribution in [0.25, 0.3) is 0 Å². The molecule has 0 radical (unpaired) electrons. The third-order valence-electron chi connectivity index (χ3n) is 3.77. The molecule has 0 aliphatic carbocycles. The molecular formula is C14H24N4O2. The molecule has 0 unspecified atom stereocenters. The fraction of sp³-hybridized carbons (Fsp3) is 0.714. The predicted molar refractivity (Wildman–Crippen MR) is 78.7 cm³/mol. The minimum atomic E-state index is -0.712. The van der Waals surface area contributed by atoms with E-state index in [1.54, 1.807) is 0 Å². The number of aromatic nitrogens is 2. The molecule has 0 bridgehead atoms. The van der Waals surface area contributed by atoms with E-state index in [1.165, 1.54) is 6.33 Å². The van der Waals surface area contributed by atoms with E-state index in [0.29, 0.717) is 38.4 Å². The Morgan fingerprint density at radius 2 is 2.10 bits per heavy atom. The minimum absolute atomic E-state index is 0.530. The largest absolute Gasteiger partial charge is 0.388 e. The lowest BCUT2D eigenvalue weighted by Gasteiger charge is -2.36. The second-order valence-corrected chi connectivity index (χ2v) is 5.50. The summed E-state index contributed by atoms with van der Waals surface area (Å²) in [7, 11) is 1.94. The monoisotopic (exact) mass is 280 g/mol. The fourth-order valence-electron chi connectivity index (χ4n) is 2.66. The van der Waals surface area contributed by atoms with Gasteiger partial charge in [-0.3, -0.25) is 0 Å². The summed E-state index contributed by atoms with van der Waals surface area (Å²) < 4.78 is 5.31. The second-order valence-electron chi connectivity index (χ2n) is 5.50. The van der Waals surface area contributed by atoms with Crippen LogP contribution in [0.2, 0.25) is 0 Å². The normalized spacial score (nSPS) is 17.9. The molecule has 0 saturated carbocycles. The van der Waals surface area contributed by atoms with Crippen LogP contribution in [0.5, 0.6) is 0 Å². The Labute approximate surface area is 120 Å². The summed E-state index contributed by atoms with van der Waals surface area (Å²) in [5, 5.41) is 10.6. The van der Waals surface area contributed by atoms with Crippen LogP contribution in [-0.2, 0) is 11.2 Å². The van der Waals surface area contributed by atoms with E-state index < -0.39 is 5.60 Å². The summed E-state index contributed by atoms with van der Waals surface area (Å²) in [6.45, 7) is 3.85. The lowest BCUT2D eigenvalue weighted by molar-refractivity contribution is -0.0573. The third kappa shape index (κ3) is 3.37. The first kappa shape index (κ1) is 15.0. The van der Waals surface area contributed by atoms with Crippen LogP contribution < -0.4 is 10.6 Å². The van der Waals surface area contributed by atoms with Crippen LogP contribution in [0.1, 0.15) is 31.7 Å². The van der Waals surface area contributed by atoms with E-state index in [-0.39, 0.29) is 0 Å². The predicted octanol–water partition coefficient (Wildman–Crippen LogP) is 0.989. The number of nitrogen functional groups attached to an aromatic ring is 1. The zero-order chi connectivity index (χ0) is 14.6. The molecule has 0 aromatic carbocycles. The maximum atomic E-state index is 10.6. The summed E-state index contributed by atoms with van der Waals surface area (Å²) >= 11 is 0. The van der Waals surface area contributed by atoms with Crippen LogP contribution in [0, 0.1) is 0 Å². The molecule has 1 fully saturated rings. The van der Waals surface area contributed by atoms with Crippen molar-refractivity contribution in [1.29, 1.82) is 0 Å². The van der Waals surface area contributed by atoms with Crippen molar-refractivity contribution >= 4 is 11.6 Å². The smallest absolute Gasteiger partial charge is 0.137 e. The average molecular weight is 280 g/mol. The Morgan fingerprint density at radius 3 is 2.75 bits per heavy atom. The van der Waals surface area contributed by atoms with Gasteiger partial charge in [-0.15, -0.1) is 0 Å². The van der Waals surface area contributed by atoms with Gasteiger partial charge in [-0.05, 0) is 6.42 Å². The summed E-state index contributed by atoms with van der Waals surface area (Å²) in [4.78, 5) is 10.4. The Bertz CT molecular complexity index is 447. The van der Waals surface area contributed by atoms with E-state index in [1.807, 2.05) is 11.9 Å². The summed E-state index contributed by atoms with van der Waals surface area (Å²) in [5.41, 5.74) is 6.20. The number of nitrogens with two attached hydrogens (primary N) is 1. The Hall–Kier alpha value is -1.40. The van der Waals surface area contributed by atoms with E-state index in [0.717, 1.165) is 24.2 Å². The standard InChI is InChI=1S/C14H24N4O2/c1-3-4-11-12(15)16-10-17-13(11)18(2)9-14(19)5-7-20-8-6-14/h10,19H,3-9H2,1-2H3,(H2,15,16,17). The molecule has 6 heteroatoms. The molecule has 2 rings (SSSR count). The van der Waals surface area contributed by atoms with Gasteiger partial charge in [0.1, 0.15) is 18.0 Å². The van der Waals surface area contributed by atoms with E-state index >= 15 is 0 Å². The number of anilines is 2. The number of hydrogen-bond donors (Lipinski definition) is 2. The van der Waals surface area contributed by atoms with E-state index in [2.05, 4.69) is 16.9 Å². The molecule has 1 saturated heterocycles. The lowest BCUT2D eigenvalue weighted by atomic mass is 9.94. The number of aliphatic hydroxyl groups is 1. The summed E-state index contributed by atoms with van der Waals surface area (Å²) in [6.07, 6.45) is 4.61. The fourth-order valence-corrected chi connectivity index (χ4v) is 2.66. The van der Waals surface area contributed by atoms with Gasteiger partial charge >= 0.3 is 0 Å². The SMILES string of the molecule is CCCc1c(N)ncnc1N(C)CC1(O)CCOCC1. The van der Waals surface area contributed by atoms with Gasteiger partial charge in [0.05, 0.1) is 5.60 Å². The molecule has 112 valence electrons. The van der Waals surface area contributed by atoms with Crippen molar-refractivity contribution in [2.45, 2.75) is 38.2 Å². The van der Waals surface area contributed by atoms with Gasteiger partial charge in [0.25, 0.3) is 0 Å². The number of hydrogen-bond acceptors (Lipinski definition) is 6. The second kappa shape index (κ2) is 6.37. The Kier molecular flexibility index (Phi) is 4.77. The molecule has 3 N–H and O–H groups in total. The number of likely N-dealkylation sites (N-methyl/N-ethyl adjacent to an activating group) is 1. The van der Waals surface area contributed by atoms with E-state index in [4.69, 9.17) is 10.5 Å². The van der Waals surface area contributed by atoms with Crippen LogP contribution in [0.15, 0.2) is 6.33 Å². The zero-order valence-corrected chi connectivity index (χ0v) is 12.3. The molecule has 0 atom stereocenters. The van der Waals surface area contributed by atoms with Gasteiger partial charge in [0.2, 0.25) is 0 Å². The molecule has 2 heterocycles. The molecule has 20 heavy (non-hydrogen) atoms. The zero-order valence-electron chi connectivity index (χ0n) is 12.3. The Balaban J connectivity index is 2.16. The first-order valence-electron chi connectivity index (χ1n) is 7.16. The molecule has 0 amide bonds. The van der Waals surface area contributed by atoms with Crippen molar-refractivity contribution in [3.05, 3.63) is 11.9 Å². The quantitative estimate of drug-likeness (QED) is 0.836. The lowest BCUT2D eigenvalue weighted by Crippen LogP contribution is -2.46. The van der Waals surface area contributed by atoms with Gasteiger partial charge in [-0.2, -0.15) is 0 Å². The van der Waals surface area contributed by atoms with Crippen molar-refractivity contribution in [2.24, 2.45) is 0 Å². The maximum absolute atomic E-state index is 10.6. The molecule has 1 aliphatic heterocycles. The van der Waals surface area contributed by atoms with Crippen molar-refractivity contribution in [3.63, 3.8) is 0 Å². The highest BCUT2D eigenvalue weighted by Crippen LogP contribution is 2.27. The molecular weight excluding hydrogens is 256 g/mol. The first-order chi connectivity index (χ1) is 9.56. The molecule has 0 spiro atoms. The van der Waals surface area contributed by atoms with Crippen LogP contribution in [0.3, 0.4) is 0 Å². The third-order valence-corrected chi connectivity index (χ3v) is 3.77. The van der Waals surface area contributed by atoms with Crippen molar-refractivity contribution in [3.8, 4) is 0 Å². The maximum Gasteiger partial charge on any atom is 0.137 e.